The van der Waals surface area contributed by atoms with Gasteiger partial charge in [-0.25, -0.2) is 0 Å². The highest BCUT2D eigenvalue weighted by atomic mass is 15.0. The van der Waals surface area contributed by atoms with Gasteiger partial charge < -0.3 is 11.1 Å². The standard InChI is InChI=1S/C13H20N2/c1-3-11-7-13(11)15-8-10-4-5-12(14)9(2)6-10/h4-6,11,13,15H,3,7-8,14H2,1-2H3. The molecule has 0 spiro atoms. The van der Waals surface area contributed by atoms with Crippen LogP contribution >= 0.6 is 0 Å². The van der Waals surface area contributed by atoms with E-state index in [4.69, 9.17) is 5.73 Å². The number of nitrogen functional groups attached to an aromatic ring is 1. The predicted octanol–water partition coefficient (Wildman–Crippen LogP) is 2.47. The molecular formula is C13H20N2. The molecule has 2 unspecified atom stereocenters. The average Bonchev–Trinajstić information content (AvgIpc) is 2.98. The number of nitrogens with two attached hydrogens (primary N) is 1. The third-order valence-corrected chi connectivity index (χ3v) is 3.35. The molecule has 2 rings (SSSR count). The van der Waals surface area contributed by atoms with Crippen LogP contribution in [0.3, 0.4) is 0 Å². The van der Waals surface area contributed by atoms with E-state index in [0.29, 0.717) is 0 Å². The Bertz CT molecular complexity index is 346. The van der Waals surface area contributed by atoms with Crippen molar-refractivity contribution in [3.05, 3.63) is 29.3 Å². The summed E-state index contributed by atoms with van der Waals surface area (Å²) >= 11 is 0. The van der Waals surface area contributed by atoms with E-state index < -0.39 is 0 Å². The number of anilines is 1. The van der Waals surface area contributed by atoms with Crippen molar-refractivity contribution in [2.75, 3.05) is 5.73 Å². The first-order valence-corrected chi connectivity index (χ1v) is 5.79. The second kappa shape index (κ2) is 4.23. The molecule has 0 bridgehead atoms. The molecule has 1 aliphatic carbocycles. The Morgan fingerprint density at radius 1 is 1.47 bits per heavy atom. The van der Waals surface area contributed by atoms with Crippen LogP contribution in [-0.2, 0) is 6.54 Å². The molecule has 0 saturated heterocycles. The van der Waals surface area contributed by atoms with Crippen molar-refractivity contribution in [3.63, 3.8) is 0 Å². The normalized spacial score (nSPS) is 24.1. The van der Waals surface area contributed by atoms with Gasteiger partial charge in [0.05, 0.1) is 0 Å². The lowest BCUT2D eigenvalue weighted by atomic mass is 10.1. The molecule has 1 fully saturated rings. The molecule has 0 amide bonds. The van der Waals surface area contributed by atoms with Crippen LogP contribution < -0.4 is 11.1 Å². The number of rotatable bonds is 4. The molecule has 15 heavy (non-hydrogen) atoms. The van der Waals surface area contributed by atoms with E-state index in [1.54, 1.807) is 0 Å². The van der Waals surface area contributed by atoms with Crippen molar-refractivity contribution < 1.29 is 0 Å². The van der Waals surface area contributed by atoms with Gasteiger partial charge in [-0.15, -0.1) is 0 Å². The molecule has 2 heteroatoms. The third-order valence-electron chi connectivity index (χ3n) is 3.35. The molecule has 0 aliphatic heterocycles. The van der Waals surface area contributed by atoms with Gasteiger partial charge in [0.25, 0.3) is 0 Å². The monoisotopic (exact) mass is 204 g/mol. The highest BCUT2D eigenvalue weighted by Crippen LogP contribution is 2.33. The first-order valence-electron chi connectivity index (χ1n) is 5.79. The fourth-order valence-electron chi connectivity index (χ4n) is 2.05. The van der Waals surface area contributed by atoms with E-state index in [9.17, 15) is 0 Å². The lowest BCUT2D eigenvalue weighted by molar-refractivity contribution is 0.623. The van der Waals surface area contributed by atoms with Crippen molar-refractivity contribution >= 4 is 5.69 Å². The van der Waals surface area contributed by atoms with E-state index in [-0.39, 0.29) is 0 Å². The summed E-state index contributed by atoms with van der Waals surface area (Å²) in [7, 11) is 0. The highest BCUT2D eigenvalue weighted by Gasteiger charge is 2.34. The van der Waals surface area contributed by atoms with Gasteiger partial charge in [0.15, 0.2) is 0 Å². The summed E-state index contributed by atoms with van der Waals surface area (Å²) in [5, 5.41) is 3.58. The fourth-order valence-corrected chi connectivity index (χ4v) is 2.05. The molecule has 0 radical (unpaired) electrons. The fraction of sp³-hybridized carbons (Fsp3) is 0.538. The van der Waals surface area contributed by atoms with Gasteiger partial charge in [-0.2, -0.15) is 0 Å². The van der Waals surface area contributed by atoms with Gasteiger partial charge in [0.1, 0.15) is 0 Å². The summed E-state index contributed by atoms with van der Waals surface area (Å²) in [6, 6.07) is 7.04. The Balaban J connectivity index is 1.86. The van der Waals surface area contributed by atoms with Gasteiger partial charge in [0.2, 0.25) is 0 Å². The van der Waals surface area contributed by atoms with Gasteiger partial charge in [-0.1, -0.05) is 25.5 Å². The lowest BCUT2D eigenvalue weighted by Crippen LogP contribution is -2.17. The average molecular weight is 204 g/mol. The van der Waals surface area contributed by atoms with Crippen LogP contribution in [0.4, 0.5) is 5.69 Å². The Labute approximate surface area is 91.9 Å². The van der Waals surface area contributed by atoms with E-state index in [1.165, 1.54) is 24.0 Å². The lowest BCUT2D eigenvalue weighted by Gasteiger charge is -2.06. The summed E-state index contributed by atoms with van der Waals surface area (Å²) in [5.41, 5.74) is 9.18. The van der Waals surface area contributed by atoms with Crippen LogP contribution in [0, 0.1) is 12.8 Å². The van der Waals surface area contributed by atoms with E-state index >= 15 is 0 Å². The topological polar surface area (TPSA) is 38.0 Å². The number of hydrogen-bond acceptors (Lipinski definition) is 2. The highest BCUT2D eigenvalue weighted by molar-refractivity contribution is 5.47. The zero-order chi connectivity index (χ0) is 10.8. The minimum absolute atomic E-state index is 0.757. The van der Waals surface area contributed by atoms with E-state index in [0.717, 1.165) is 24.2 Å². The molecule has 2 nitrogen and oxygen atoms in total. The van der Waals surface area contributed by atoms with E-state index in [2.05, 4.69) is 31.3 Å². The van der Waals surface area contributed by atoms with Crippen LogP contribution in [0.2, 0.25) is 0 Å². The third kappa shape index (κ3) is 2.51. The Kier molecular flexibility index (Phi) is 2.96. The molecule has 2 atom stereocenters. The minimum atomic E-state index is 0.757. The molecular weight excluding hydrogens is 184 g/mol. The first-order chi connectivity index (χ1) is 7.20. The van der Waals surface area contributed by atoms with Gasteiger partial charge in [-0.05, 0) is 36.5 Å². The maximum atomic E-state index is 5.78. The van der Waals surface area contributed by atoms with Crippen LogP contribution in [0.15, 0.2) is 18.2 Å². The number of hydrogen-bond donors (Lipinski definition) is 2. The number of aryl methyl sites for hydroxylation is 1. The minimum Gasteiger partial charge on any atom is -0.399 e. The summed E-state index contributed by atoms with van der Waals surface area (Å²) in [5.74, 6) is 0.917. The zero-order valence-corrected chi connectivity index (χ0v) is 9.59. The molecule has 1 aliphatic rings. The van der Waals surface area contributed by atoms with E-state index in [1.807, 2.05) is 6.07 Å². The van der Waals surface area contributed by atoms with Crippen molar-refractivity contribution in [1.82, 2.24) is 5.32 Å². The van der Waals surface area contributed by atoms with Crippen molar-refractivity contribution in [2.45, 2.75) is 39.3 Å². The molecule has 0 aromatic heterocycles. The Morgan fingerprint density at radius 3 is 2.87 bits per heavy atom. The summed E-state index contributed by atoms with van der Waals surface area (Å²) in [6.45, 7) is 5.30. The Morgan fingerprint density at radius 2 is 2.27 bits per heavy atom. The van der Waals surface area contributed by atoms with Crippen LogP contribution in [0.1, 0.15) is 30.9 Å². The smallest absolute Gasteiger partial charge is 0.0343 e. The second-order valence-corrected chi connectivity index (χ2v) is 4.58. The predicted molar refractivity (Wildman–Crippen MR) is 64.6 cm³/mol. The summed E-state index contributed by atoms with van der Waals surface area (Å²) < 4.78 is 0. The maximum absolute atomic E-state index is 5.78. The Hall–Kier alpha value is -1.02. The summed E-state index contributed by atoms with van der Waals surface area (Å²) in [4.78, 5) is 0. The second-order valence-electron chi connectivity index (χ2n) is 4.58. The van der Waals surface area contributed by atoms with Crippen molar-refractivity contribution in [2.24, 2.45) is 5.92 Å². The van der Waals surface area contributed by atoms with Crippen LogP contribution in [0.5, 0.6) is 0 Å². The SMILES string of the molecule is CCC1CC1NCc1ccc(N)c(C)c1. The number of nitrogens with one attached hydrogen (secondary N) is 1. The van der Waals surface area contributed by atoms with Gasteiger partial charge in [0, 0.05) is 18.3 Å². The quantitative estimate of drug-likeness (QED) is 0.739. The maximum Gasteiger partial charge on any atom is 0.0343 e. The zero-order valence-electron chi connectivity index (χ0n) is 9.59. The van der Waals surface area contributed by atoms with Crippen LogP contribution in [-0.4, -0.2) is 6.04 Å². The summed E-state index contributed by atoms with van der Waals surface area (Å²) in [6.07, 6.45) is 2.66. The molecule has 3 N–H and O–H groups in total. The molecule has 1 aromatic carbocycles. The van der Waals surface area contributed by atoms with Crippen molar-refractivity contribution in [1.29, 1.82) is 0 Å². The van der Waals surface area contributed by atoms with Gasteiger partial charge in [-0.3, -0.25) is 0 Å². The molecule has 1 aromatic rings. The van der Waals surface area contributed by atoms with Crippen molar-refractivity contribution in [3.8, 4) is 0 Å². The van der Waals surface area contributed by atoms with Gasteiger partial charge >= 0.3 is 0 Å². The first kappa shape index (κ1) is 10.5. The van der Waals surface area contributed by atoms with Crippen LogP contribution in [0.25, 0.3) is 0 Å². The largest absolute Gasteiger partial charge is 0.399 e. The number of benzene rings is 1. The molecule has 1 saturated carbocycles. The molecule has 82 valence electrons. The molecule has 0 heterocycles.